The van der Waals surface area contributed by atoms with Gasteiger partial charge in [-0.05, 0) is 41.7 Å². The molecule has 0 fully saturated rings. The maximum Gasteiger partial charge on any atom is 0.453 e. The summed E-state index contributed by atoms with van der Waals surface area (Å²) in [5, 5.41) is 9.36. The smallest absolute Gasteiger partial charge is 0.453 e. The molecule has 0 amide bonds. The summed E-state index contributed by atoms with van der Waals surface area (Å²) >= 11 is 0. The first-order valence-electron chi connectivity index (χ1n) is 9.18. The lowest BCUT2D eigenvalue weighted by molar-refractivity contribution is -0.154. The quantitative estimate of drug-likeness (QED) is 0.534. The van der Waals surface area contributed by atoms with E-state index >= 15 is 0 Å². The average Bonchev–Trinajstić information content (AvgIpc) is 2.63. The molecule has 0 aliphatic carbocycles. The Bertz CT molecular complexity index is 1080. The first-order valence-corrected chi connectivity index (χ1v) is 9.18. The number of ether oxygens (including phenoxy) is 1. The minimum Gasteiger partial charge on any atom is -0.508 e. The van der Waals surface area contributed by atoms with Crippen LogP contribution in [0.2, 0.25) is 0 Å². The van der Waals surface area contributed by atoms with E-state index in [4.69, 9.17) is 9.15 Å². The third-order valence-electron chi connectivity index (χ3n) is 4.82. The standard InChI is InChI=1S/C22H21F3O4/c1-4-11-21(2,3)13-5-8-15(9-6-13)28-19-18(27)16-10-7-14(26)12-17(16)29-20(19)22(23,24)25/h5-10,12,26H,4,11H2,1-3H3. The molecule has 3 aromatic rings. The predicted molar refractivity (Wildman–Crippen MR) is 104 cm³/mol. The lowest BCUT2D eigenvalue weighted by Crippen LogP contribution is -2.17. The number of rotatable bonds is 5. The number of hydrogen-bond donors (Lipinski definition) is 1. The van der Waals surface area contributed by atoms with Gasteiger partial charge in [0.05, 0.1) is 5.39 Å². The molecule has 3 rings (SSSR count). The number of phenolic OH excluding ortho intramolecular Hbond substituents is 1. The minimum atomic E-state index is -4.95. The number of alkyl halides is 3. The van der Waals surface area contributed by atoms with Crippen LogP contribution >= 0.6 is 0 Å². The fourth-order valence-corrected chi connectivity index (χ4v) is 3.31. The SMILES string of the molecule is CCCC(C)(C)c1ccc(Oc2c(C(F)(F)F)oc3cc(O)ccc3c2=O)cc1. The van der Waals surface area contributed by atoms with Gasteiger partial charge in [0.25, 0.3) is 5.76 Å². The summed E-state index contributed by atoms with van der Waals surface area (Å²) in [5.41, 5.74) is -0.405. The maximum absolute atomic E-state index is 13.5. The van der Waals surface area contributed by atoms with Crippen LogP contribution in [0.5, 0.6) is 17.2 Å². The molecule has 154 valence electrons. The van der Waals surface area contributed by atoms with Crippen LogP contribution in [0.25, 0.3) is 11.0 Å². The lowest BCUT2D eigenvalue weighted by Gasteiger charge is -2.24. The van der Waals surface area contributed by atoms with E-state index in [9.17, 15) is 23.1 Å². The van der Waals surface area contributed by atoms with Crippen molar-refractivity contribution in [1.82, 2.24) is 0 Å². The van der Waals surface area contributed by atoms with Crippen molar-refractivity contribution in [1.29, 1.82) is 0 Å². The van der Waals surface area contributed by atoms with Gasteiger partial charge in [0.1, 0.15) is 17.1 Å². The van der Waals surface area contributed by atoms with E-state index in [0.717, 1.165) is 24.5 Å². The molecule has 29 heavy (non-hydrogen) atoms. The molecule has 0 aliphatic heterocycles. The monoisotopic (exact) mass is 406 g/mol. The third kappa shape index (κ3) is 4.23. The largest absolute Gasteiger partial charge is 0.508 e. The second-order valence-corrected chi connectivity index (χ2v) is 7.53. The fraction of sp³-hybridized carbons (Fsp3) is 0.318. The molecule has 1 heterocycles. The van der Waals surface area contributed by atoms with E-state index in [1.165, 1.54) is 24.3 Å². The molecule has 0 radical (unpaired) electrons. The molecule has 0 saturated carbocycles. The number of aromatic hydroxyl groups is 1. The van der Waals surface area contributed by atoms with Crippen LogP contribution in [0, 0.1) is 0 Å². The molecule has 0 bridgehead atoms. The highest BCUT2D eigenvalue weighted by Crippen LogP contribution is 2.39. The van der Waals surface area contributed by atoms with Gasteiger partial charge in [0, 0.05) is 6.07 Å². The van der Waals surface area contributed by atoms with Crippen LogP contribution in [0.3, 0.4) is 0 Å². The molecule has 4 nitrogen and oxygen atoms in total. The van der Waals surface area contributed by atoms with Gasteiger partial charge in [-0.1, -0.05) is 39.3 Å². The van der Waals surface area contributed by atoms with Crippen molar-refractivity contribution < 1.29 is 27.4 Å². The molecule has 0 unspecified atom stereocenters. The molecule has 0 spiro atoms. The summed E-state index contributed by atoms with van der Waals surface area (Å²) in [6, 6.07) is 9.97. The normalized spacial score (nSPS) is 12.3. The Morgan fingerprint density at radius 3 is 2.31 bits per heavy atom. The van der Waals surface area contributed by atoms with Gasteiger partial charge < -0.3 is 14.3 Å². The lowest BCUT2D eigenvalue weighted by atomic mass is 9.81. The first-order chi connectivity index (χ1) is 13.5. The van der Waals surface area contributed by atoms with E-state index in [0.29, 0.717) is 0 Å². The van der Waals surface area contributed by atoms with Crippen molar-refractivity contribution in [3.8, 4) is 17.2 Å². The van der Waals surface area contributed by atoms with Crippen LogP contribution in [-0.2, 0) is 11.6 Å². The average molecular weight is 406 g/mol. The zero-order valence-corrected chi connectivity index (χ0v) is 16.3. The third-order valence-corrected chi connectivity index (χ3v) is 4.82. The van der Waals surface area contributed by atoms with Crippen LogP contribution in [0.15, 0.2) is 51.7 Å². The van der Waals surface area contributed by atoms with Gasteiger partial charge in [0.15, 0.2) is 0 Å². The van der Waals surface area contributed by atoms with E-state index in [-0.39, 0.29) is 27.9 Å². The molecule has 1 aromatic heterocycles. The van der Waals surface area contributed by atoms with Gasteiger partial charge in [-0.25, -0.2) is 0 Å². The molecule has 1 N–H and O–H groups in total. The highest BCUT2D eigenvalue weighted by molar-refractivity contribution is 5.79. The Morgan fingerprint density at radius 2 is 1.72 bits per heavy atom. The van der Waals surface area contributed by atoms with Gasteiger partial charge in [-0.2, -0.15) is 13.2 Å². The van der Waals surface area contributed by atoms with Crippen molar-refractivity contribution in [2.24, 2.45) is 0 Å². The Hall–Kier alpha value is -2.96. The molecule has 0 aliphatic rings. The van der Waals surface area contributed by atoms with Crippen LogP contribution in [0.1, 0.15) is 44.9 Å². The minimum absolute atomic E-state index is 0.0889. The number of hydrogen-bond acceptors (Lipinski definition) is 4. The van der Waals surface area contributed by atoms with Crippen LogP contribution in [-0.4, -0.2) is 5.11 Å². The van der Waals surface area contributed by atoms with Crippen molar-refractivity contribution >= 4 is 11.0 Å². The molecule has 2 aromatic carbocycles. The summed E-state index contributed by atoms with van der Waals surface area (Å²) < 4.78 is 50.7. The molecule has 7 heteroatoms. The number of fused-ring (bicyclic) bond motifs is 1. The summed E-state index contributed by atoms with van der Waals surface area (Å²) in [6.07, 6.45) is -3.00. The zero-order chi connectivity index (χ0) is 21.4. The highest BCUT2D eigenvalue weighted by atomic mass is 19.4. The fourth-order valence-electron chi connectivity index (χ4n) is 3.31. The zero-order valence-electron chi connectivity index (χ0n) is 16.3. The van der Waals surface area contributed by atoms with Crippen molar-refractivity contribution in [2.75, 3.05) is 0 Å². The van der Waals surface area contributed by atoms with Crippen molar-refractivity contribution in [3.63, 3.8) is 0 Å². The van der Waals surface area contributed by atoms with Crippen LogP contribution < -0.4 is 10.2 Å². The van der Waals surface area contributed by atoms with E-state index in [1.807, 2.05) is 0 Å². The predicted octanol–water partition coefficient (Wildman–Crippen LogP) is 6.39. The molecule has 0 atom stereocenters. The Balaban J connectivity index is 2.07. The maximum atomic E-state index is 13.5. The first kappa shape index (κ1) is 20.8. The number of benzene rings is 2. The Morgan fingerprint density at radius 1 is 1.07 bits per heavy atom. The number of phenols is 1. The second-order valence-electron chi connectivity index (χ2n) is 7.53. The summed E-state index contributed by atoms with van der Waals surface area (Å²) in [5.74, 6) is -2.70. The topological polar surface area (TPSA) is 59.7 Å². The highest BCUT2D eigenvalue weighted by Gasteiger charge is 2.40. The van der Waals surface area contributed by atoms with Crippen LogP contribution in [0.4, 0.5) is 13.2 Å². The second kappa shape index (κ2) is 7.46. The summed E-state index contributed by atoms with van der Waals surface area (Å²) in [7, 11) is 0. The van der Waals surface area contributed by atoms with Gasteiger partial charge in [0.2, 0.25) is 11.2 Å². The van der Waals surface area contributed by atoms with Gasteiger partial charge in [-0.3, -0.25) is 4.79 Å². The van der Waals surface area contributed by atoms with E-state index in [2.05, 4.69) is 20.8 Å². The van der Waals surface area contributed by atoms with E-state index < -0.39 is 23.1 Å². The summed E-state index contributed by atoms with van der Waals surface area (Å²) in [4.78, 5) is 12.7. The summed E-state index contributed by atoms with van der Waals surface area (Å²) in [6.45, 7) is 6.25. The molecular weight excluding hydrogens is 385 g/mol. The van der Waals surface area contributed by atoms with Crippen molar-refractivity contribution in [3.05, 3.63) is 64.0 Å². The van der Waals surface area contributed by atoms with Gasteiger partial charge >= 0.3 is 6.18 Å². The van der Waals surface area contributed by atoms with Gasteiger partial charge in [-0.15, -0.1) is 0 Å². The van der Waals surface area contributed by atoms with Crippen molar-refractivity contribution in [2.45, 2.75) is 45.2 Å². The Kier molecular flexibility index (Phi) is 5.34. The Labute approximate surface area is 165 Å². The molecule has 0 saturated heterocycles. The molecular formula is C22H21F3O4. The van der Waals surface area contributed by atoms with E-state index in [1.54, 1.807) is 12.1 Å². The number of halogens is 3.